The fraction of sp³-hybridized carbons (Fsp3) is 0.167. The van der Waals surface area contributed by atoms with Gasteiger partial charge in [0, 0.05) is 0 Å². The van der Waals surface area contributed by atoms with E-state index in [1.165, 1.54) is 12.3 Å². The highest BCUT2D eigenvalue weighted by atomic mass is 32.1. The van der Waals surface area contributed by atoms with Gasteiger partial charge in [-0.05, 0) is 30.5 Å². The molecule has 2 aromatic rings. The first-order valence-corrected chi connectivity index (χ1v) is 6.37. The molecule has 100 valence electrons. The number of anilines is 1. The van der Waals surface area contributed by atoms with Crippen LogP contribution in [0.3, 0.4) is 0 Å². The molecule has 0 fully saturated rings. The van der Waals surface area contributed by atoms with Gasteiger partial charge in [0.25, 0.3) is 0 Å². The maximum Gasteiger partial charge on any atom is 0.338 e. The molecule has 0 aliphatic heterocycles. The van der Waals surface area contributed by atoms with E-state index in [-0.39, 0.29) is 11.6 Å². The van der Waals surface area contributed by atoms with E-state index in [1.54, 1.807) is 24.4 Å². The van der Waals surface area contributed by atoms with E-state index in [0.717, 1.165) is 11.3 Å². The van der Waals surface area contributed by atoms with Crippen molar-refractivity contribution in [2.45, 2.75) is 13.0 Å². The average Bonchev–Trinajstić information content (AvgIpc) is 2.98. The summed E-state index contributed by atoms with van der Waals surface area (Å²) in [5.74, 6) is -0.449. The van der Waals surface area contributed by atoms with Gasteiger partial charge in [-0.1, -0.05) is 0 Å². The number of thiophene rings is 1. The molecule has 6 nitrogen and oxygen atoms in total. The number of hydrogen-bond donors (Lipinski definition) is 3. The maximum atomic E-state index is 11.7. The van der Waals surface area contributed by atoms with Crippen molar-refractivity contribution in [3.8, 4) is 0 Å². The lowest BCUT2D eigenvalue weighted by atomic mass is 10.2. The Labute approximate surface area is 113 Å². The van der Waals surface area contributed by atoms with Crippen molar-refractivity contribution < 1.29 is 19.1 Å². The summed E-state index contributed by atoms with van der Waals surface area (Å²) in [6.45, 7) is 1.77. The number of rotatable bonds is 4. The standard InChI is InChI=1S/C12H12N2O4S/c1-7(9-3-2-5-18-9)13-12(17)14-10-8(11(15)16)4-6-19-10/h2-7H,1H3,(H,15,16)(H2,13,14,17)/t7-/m0/s1. The fourth-order valence-electron chi connectivity index (χ4n) is 1.52. The minimum Gasteiger partial charge on any atom is -0.478 e. The largest absolute Gasteiger partial charge is 0.478 e. The van der Waals surface area contributed by atoms with Crippen molar-refractivity contribution in [3.63, 3.8) is 0 Å². The van der Waals surface area contributed by atoms with Crippen molar-refractivity contribution in [1.82, 2.24) is 5.32 Å². The molecule has 1 atom stereocenters. The molecule has 0 spiro atoms. The summed E-state index contributed by atoms with van der Waals surface area (Å²) >= 11 is 1.15. The molecule has 0 saturated carbocycles. The number of carboxylic acid groups (broad SMARTS) is 1. The molecule has 0 saturated heterocycles. The van der Waals surface area contributed by atoms with Gasteiger partial charge < -0.3 is 14.8 Å². The van der Waals surface area contributed by atoms with Crippen LogP contribution in [0.25, 0.3) is 0 Å². The van der Waals surface area contributed by atoms with Crippen LogP contribution < -0.4 is 10.6 Å². The third-order valence-electron chi connectivity index (χ3n) is 2.44. The van der Waals surface area contributed by atoms with Crippen LogP contribution in [0.1, 0.15) is 29.1 Å². The summed E-state index contributed by atoms with van der Waals surface area (Å²) in [7, 11) is 0. The van der Waals surface area contributed by atoms with Crippen molar-refractivity contribution >= 4 is 28.3 Å². The molecule has 2 rings (SSSR count). The lowest BCUT2D eigenvalue weighted by molar-refractivity contribution is 0.0698. The van der Waals surface area contributed by atoms with Crippen LogP contribution >= 0.6 is 11.3 Å². The first kappa shape index (κ1) is 13.2. The van der Waals surface area contributed by atoms with Gasteiger partial charge in [-0.25, -0.2) is 9.59 Å². The maximum absolute atomic E-state index is 11.7. The normalized spacial score (nSPS) is 11.8. The number of aromatic carboxylic acids is 1. The van der Waals surface area contributed by atoms with E-state index in [9.17, 15) is 9.59 Å². The van der Waals surface area contributed by atoms with Crippen molar-refractivity contribution in [2.24, 2.45) is 0 Å². The second-order valence-electron chi connectivity index (χ2n) is 3.80. The average molecular weight is 280 g/mol. The molecule has 0 aliphatic rings. The first-order chi connectivity index (χ1) is 9.08. The molecule has 0 unspecified atom stereocenters. The zero-order valence-electron chi connectivity index (χ0n) is 10.0. The molecule has 0 aliphatic carbocycles. The quantitative estimate of drug-likeness (QED) is 0.803. The third kappa shape index (κ3) is 3.14. The molecule has 2 aromatic heterocycles. The van der Waals surface area contributed by atoms with E-state index in [1.807, 2.05) is 0 Å². The Morgan fingerprint density at radius 1 is 1.42 bits per heavy atom. The van der Waals surface area contributed by atoms with E-state index in [0.29, 0.717) is 10.8 Å². The van der Waals surface area contributed by atoms with Crippen molar-refractivity contribution in [2.75, 3.05) is 5.32 Å². The molecule has 3 N–H and O–H groups in total. The fourth-order valence-corrected chi connectivity index (χ4v) is 2.29. The predicted molar refractivity (Wildman–Crippen MR) is 70.6 cm³/mol. The Morgan fingerprint density at radius 3 is 2.84 bits per heavy atom. The summed E-state index contributed by atoms with van der Waals surface area (Å²) in [6.07, 6.45) is 1.52. The lowest BCUT2D eigenvalue weighted by Gasteiger charge is -2.12. The van der Waals surface area contributed by atoms with Gasteiger partial charge in [0.05, 0.1) is 17.9 Å². The Morgan fingerprint density at radius 2 is 2.21 bits per heavy atom. The summed E-state index contributed by atoms with van der Waals surface area (Å²) in [4.78, 5) is 22.6. The number of furan rings is 1. The SMILES string of the molecule is C[C@H](NC(=O)Nc1sccc1C(=O)O)c1ccco1. The zero-order chi connectivity index (χ0) is 13.8. The highest BCUT2D eigenvalue weighted by molar-refractivity contribution is 7.14. The van der Waals surface area contributed by atoms with Gasteiger partial charge >= 0.3 is 12.0 Å². The first-order valence-electron chi connectivity index (χ1n) is 5.49. The molecule has 2 amide bonds. The number of carbonyl (C=O) groups excluding carboxylic acids is 1. The van der Waals surface area contributed by atoms with Gasteiger partial charge in [0.2, 0.25) is 0 Å². The van der Waals surface area contributed by atoms with E-state index < -0.39 is 12.0 Å². The number of urea groups is 1. The van der Waals surface area contributed by atoms with Crippen molar-refractivity contribution in [3.05, 3.63) is 41.2 Å². The number of carboxylic acids is 1. The number of nitrogens with one attached hydrogen (secondary N) is 2. The molecular formula is C12H12N2O4S. The molecule has 7 heteroatoms. The second kappa shape index (κ2) is 5.57. The lowest BCUT2D eigenvalue weighted by Crippen LogP contribution is -2.31. The van der Waals surface area contributed by atoms with E-state index >= 15 is 0 Å². The molecular weight excluding hydrogens is 268 g/mol. The van der Waals surface area contributed by atoms with Gasteiger partial charge in [-0.3, -0.25) is 5.32 Å². The minimum absolute atomic E-state index is 0.0748. The third-order valence-corrected chi connectivity index (χ3v) is 3.27. The number of hydrogen-bond acceptors (Lipinski definition) is 4. The van der Waals surface area contributed by atoms with Crippen LogP contribution in [0.4, 0.5) is 9.80 Å². The molecule has 2 heterocycles. The van der Waals surface area contributed by atoms with Crippen molar-refractivity contribution in [1.29, 1.82) is 0 Å². The van der Waals surface area contributed by atoms with Crippen LogP contribution in [0.2, 0.25) is 0 Å². The topological polar surface area (TPSA) is 91.6 Å². The van der Waals surface area contributed by atoms with Crippen LogP contribution in [-0.4, -0.2) is 17.1 Å². The van der Waals surface area contributed by atoms with Crippen LogP contribution in [-0.2, 0) is 0 Å². The summed E-state index contributed by atoms with van der Waals surface area (Å²) in [6, 6.07) is 4.14. The smallest absolute Gasteiger partial charge is 0.338 e. The summed E-state index contributed by atoms with van der Waals surface area (Å²) in [5.41, 5.74) is 0.0748. The van der Waals surface area contributed by atoms with Gasteiger partial charge in [0.1, 0.15) is 10.8 Å². The minimum atomic E-state index is -1.07. The van der Waals surface area contributed by atoms with Gasteiger partial charge in [-0.15, -0.1) is 11.3 Å². The van der Waals surface area contributed by atoms with Crippen LogP contribution in [0.15, 0.2) is 34.3 Å². The Hall–Kier alpha value is -2.28. The molecule has 0 bridgehead atoms. The predicted octanol–water partition coefficient (Wildman–Crippen LogP) is 2.92. The number of carbonyl (C=O) groups is 2. The Kier molecular flexibility index (Phi) is 3.86. The van der Waals surface area contributed by atoms with Crippen LogP contribution in [0.5, 0.6) is 0 Å². The van der Waals surface area contributed by atoms with Gasteiger partial charge in [0.15, 0.2) is 0 Å². The zero-order valence-corrected chi connectivity index (χ0v) is 10.9. The highest BCUT2D eigenvalue weighted by Crippen LogP contribution is 2.23. The Balaban J connectivity index is 1.98. The summed E-state index contributed by atoms with van der Waals surface area (Å²) in [5, 5.41) is 16.0. The van der Waals surface area contributed by atoms with Gasteiger partial charge in [-0.2, -0.15) is 0 Å². The van der Waals surface area contributed by atoms with Crippen LogP contribution in [0, 0.1) is 0 Å². The highest BCUT2D eigenvalue weighted by Gasteiger charge is 2.16. The molecule has 19 heavy (non-hydrogen) atoms. The Bertz CT molecular complexity index is 576. The number of amides is 2. The molecule has 0 aromatic carbocycles. The second-order valence-corrected chi connectivity index (χ2v) is 4.72. The monoisotopic (exact) mass is 280 g/mol. The van der Waals surface area contributed by atoms with E-state index in [4.69, 9.17) is 9.52 Å². The molecule has 0 radical (unpaired) electrons. The summed E-state index contributed by atoms with van der Waals surface area (Å²) < 4.78 is 5.16. The van der Waals surface area contributed by atoms with E-state index in [2.05, 4.69) is 10.6 Å².